The Morgan fingerprint density at radius 2 is 2.00 bits per heavy atom. The van der Waals surface area contributed by atoms with E-state index < -0.39 is 0 Å². The lowest BCUT2D eigenvalue weighted by molar-refractivity contribution is 0.0170. The second kappa shape index (κ2) is 7.69. The highest BCUT2D eigenvalue weighted by Gasteiger charge is 2.24. The van der Waals surface area contributed by atoms with Crippen molar-refractivity contribution in [2.75, 3.05) is 13.9 Å². The summed E-state index contributed by atoms with van der Waals surface area (Å²) in [5.41, 5.74) is 0. The molecule has 0 saturated heterocycles. The fourth-order valence-electron chi connectivity index (χ4n) is 2.31. The molecule has 1 aliphatic rings. The van der Waals surface area contributed by atoms with Crippen molar-refractivity contribution < 1.29 is 14.6 Å². The van der Waals surface area contributed by atoms with Crippen LogP contribution in [0.2, 0.25) is 0 Å². The molecule has 3 heteroatoms. The second-order valence-corrected chi connectivity index (χ2v) is 4.65. The standard InChI is InChI=1S/C13H24O3/c1-11(8-9-16-10-15-2)13(14)12-6-4-3-5-7-12/h8-9,11-14H,3-7,10H2,1-2H3/b9-8-. The van der Waals surface area contributed by atoms with E-state index >= 15 is 0 Å². The van der Waals surface area contributed by atoms with Crippen LogP contribution >= 0.6 is 0 Å². The number of hydrogen-bond donors (Lipinski definition) is 1. The number of ether oxygens (including phenoxy) is 2. The molecule has 2 unspecified atom stereocenters. The molecular formula is C13H24O3. The topological polar surface area (TPSA) is 38.7 Å². The van der Waals surface area contributed by atoms with Crippen LogP contribution in [0.25, 0.3) is 0 Å². The molecular weight excluding hydrogens is 204 g/mol. The summed E-state index contributed by atoms with van der Waals surface area (Å²) in [7, 11) is 1.59. The summed E-state index contributed by atoms with van der Waals surface area (Å²) >= 11 is 0. The summed E-state index contributed by atoms with van der Waals surface area (Å²) in [4.78, 5) is 0. The Morgan fingerprint density at radius 1 is 1.31 bits per heavy atom. The highest BCUT2D eigenvalue weighted by Crippen LogP contribution is 2.29. The summed E-state index contributed by atoms with van der Waals surface area (Å²) in [6.45, 7) is 2.30. The van der Waals surface area contributed by atoms with Gasteiger partial charge in [0.1, 0.15) is 0 Å². The molecule has 94 valence electrons. The highest BCUT2D eigenvalue weighted by molar-refractivity contribution is 4.88. The summed E-state index contributed by atoms with van der Waals surface area (Å²) in [6, 6.07) is 0. The molecule has 0 radical (unpaired) electrons. The maximum Gasteiger partial charge on any atom is 0.187 e. The number of aliphatic hydroxyl groups excluding tert-OH is 1. The Bertz CT molecular complexity index is 197. The second-order valence-electron chi connectivity index (χ2n) is 4.65. The zero-order valence-electron chi connectivity index (χ0n) is 10.4. The predicted molar refractivity (Wildman–Crippen MR) is 63.8 cm³/mol. The van der Waals surface area contributed by atoms with Crippen molar-refractivity contribution in [3.63, 3.8) is 0 Å². The molecule has 0 bridgehead atoms. The molecule has 1 aliphatic carbocycles. The lowest BCUT2D eigenvalue weighted by atomic mass is 9.81. The quantitative estimate of drug-likeness (QED) is 0.431. The normalized spacial score (nSPS) is 22.2. The van der Waals surface area contributed by atoms with Crippen molar-refractivity contribution in [2.24, 2.45) is 11.8 Å². The molecule has 0 aromatic rings. The minimum atomic E-state index is -0.234. The van der Waals surface area contributed by atoms with Crippen molar-refractivity contribution in [1.29, 1.82) is 0 Å². The largest absolute Gasteiger partial charge is 0.475 e. The smallest absolute Gasteiger partial charge is 0.187 e. The zero-order valence-corrected chi connectivity index (χ0v) is 10.4. The van der Waals surface area contributed by atoms with Crippen molar-refractivity contribution in [1.82, 2.24) is 0 Å². The van der Waals surface area contributed by atoms with E-state index in [9.17, 15) is 5.11 Å². The van der Waals surface area contributed by atoms with E-state index in [1.165, 1.54) is 19.3 Å². The lowest BCUT2D eigenvalue weighted by Crippen LogP contribution is -2.28. The minimum Gasteiger partial charge on any atom is -0.475 e. The first-order chi connectivity index (χ1) is 7.75. The Hall–Kier alpha value is -0.540. The summed E-state index contributed by atoms with van der Waals surface area (Å²) in [5.74, 6) is 0.621. The van der Waals surface area contributed by atoms with Gasteiger partial charge in [-0.3, -0.25) is 0 Å². The van der Waals surface area contributed by atoms with Crippen LogP contribution in [0.1, 0.15) is 39.0 Å². The molecule has 1 N–H and O–H groups in total. The van der Waals surface area contributed by atoms with E-state index in [0.29, 0.717) is 5.92 Å². The van der Waals surface area contributed by atoms with Gasteiger partial charge in [-0.15, -0.1) is 0 Å². The Kier molecular flexibility index (Phi) is 6.50. The van der Waals surface area contributed by atoms with Gasteiger partial charge in [-0.1, -0.05) is 26.2 Å². The minimum absolute atomic E-state index is 0.153. The van der Waals surface area contributed by atoms with Crippen molar-refractivity contribution in [2.45, 2.75) is 45.1 Å². The van der Waals surface area contributed by atoms with Gasteiger partial charge in [-0.2, -0.15) is 0 Å². The third kappa shape index (κ3) is 4.54. The predicted octanol–water partition coefficient (Wildman–Crippen LogP) is 2.70. The average Bonchev–Trinajstić information content (AvgIpc) is 2.34. The van der Waals surface area contributed by atoms with Crippen LogP contribution in [0.5, 0.6) is 0 Å². The summed E-state index contributed by atoms with van der Waals surface area (Å²) in [5, 5.41) is 10.2. The molecule has 1 fully saturated rings. The van der Waals surface area contributed by atoms with E-state index in [0.717, 1.165) is 12.8 Å². The van der Waals surface area contributed by atoms with E-state index in [1.54, 1.807) is 13.4 Å². The molecule has 0 amide bonds. The van der Waals surface area contributed by atoms with Crippen LogP contribution in [0.15, 0.2) is 12.3 Å². The lowest BCUT2D eigenvalue weighted by Gasteiger charge is -2.29. The number of hydrogen-bond acceptors (Lipinski definition) is 3. The van der Waals surface area contributed by atoms with Crippen LogP contribution in [0.4, 0.5) is 0 Å². The summed E-state index contributed by atoms with van der Waals surface area (Å²) < 4.78 is 9.84. The molecule has 0 aromatic carbocycles. The first-order valence-corrected chi connectivity index (χ1v) is 6.21. The van der Waals surface area contributed by atoms with Gasteiger partial charge < -0.3 is 14.6 Å². The van der Waals surface area contributed by atoms with Crippen LogP contribution in [-0.2, 0) is 9.47 Å². The molecule has 0 heterocycles. The van der Waals surface area contributed by atoms with E-state index in [2.05, 4.69) is 0 Å². The Labute approximate surface area is 98.4 Å². The Morgan fingerprint density at radius 3 is 2.62 bits per heavy atom. The highest BCUT2D eigenvalue weighted by atomic mass is 16.7. The van der Waals surface area contributed by atoms with E-state index in [-0.39, 0.29) is 18.8 Å². The zero-order chi connectivity index (χ0) is 11.8. The van der Waals surface area contributed by atoms with Gasteiger partial charge in [0.15, 0.2) is 6.79 Å². The van der Waals surface area contributed by atoms with Gasteiger partial charge >= 0.3 is 0 Å². The van der Waals surface area contributed by atoms with Gasteiger partial charge in [0.05, 0.1) is 12.4 Å². The van der Waals surface area contributed by atoms with Crippen molar-refractivity contribution in [3.8, 4) is 0 Å². The fraction of sp³-hybridized carbons (Fsp3) is 0.846. The van der Waals surface area contributed by atoms with Crippen molar-refractivity contribution >= 4 is 0 Å². The summed E-state index contributed by atoms with van der Waals surface area (Å²) in [6.07, 6.45) is 9.48. The van der Waals surface area contributed by atoms with Crippen LogP contribution < -0.4 is 0 Å². The molecule has 3 nitrogen and oxygen atoms in total. The van der Waals surface area contributed by atoms with E-state index in [1.807, 2.05) is 13.0 Å². The van der Waals surface area contributed by atoms with Gasteiger partial charge in [-0.05, 0) is 24.8 Å². The monoisotopic (exact) mass is 228 g/mol. The molecule has 1 saturated carbocycles. The van der Waals surface area contributed by atoms with Crippen molar-refractivity contribution in [3.05, 3.63) is 12.3 Å². The average molecular weight is 228 g/mol. The fourth-order valence-corrected chi connectivity index (χ4v) is 2.31. The van der Waals surface area contributed by atoms with Gasteiger partial charge in [0.25, 0.3) is 0 Å². The van der Waals surface area contributed by atoms with Gasteiger partial charge in [0.2, 0.25) is 0 Å². The van der Waals surface area contributed by atoms with Crippen LogP contribution in [0.3, 0.4) is 0 Å². The SMILES string of the molecule is COCO/C=C\C(C)C(O)C1CCCCC1. The number of rotatable bonds is 6. The van der Waals surface area contributed by atoms with E-state index in [4.69, 9.17) is 9.47 Å². The molecule has 0 aliphatic heterocycles. The molecule has 16 heavy (non-hydrogen) atoms. The molecule has 0 aromatic heterocycles. The number of methoxy groups -OCH3 is 1. The van der Waals surface area contributed by atoms with Crippen LogP contribution in [-0.4, -0.2) is 25.1 Å². The van der Waals surface area contributed by atoms with Gasteiger partial charge in [0, 0.05) is 13.0 Å². The third-order valence-corrected chi connectivity index (χ3v) is 3.34. The molecule has 1 rings (SSSR count). The maximum absolute atomic E-state index is 10.2. The first kappa shape index (κ1) is 13.5. The number of aliphatic hydroxyl groups is 1. The van der Waals surface area contributed by atoms with Crippen LogP contribution in [0, 0.1) is 11.8 Å². The Balaban J connectivity index is 2.28. The first-order valence-electron chi connectivity index (χ1n) is 6.21. The maximum atomic E-state index is 10.2. The molecule has 0 spiro atoms. The third-order valence-electron chi connectivity index (χ3n) is 3.34. The molecule has 2 atom stereocenters. The van der Waals surface area contributed by atoms with Gasteiger partial charge in [-0.25, -0.2) is 0 Å².